The molecule has 1 fully saturated rings. The van der Waals surface area contributed by atoms with Gasteiger partial charge in [-0.1, -0.05) is 26.2 Å². The van der Waals surface area contributed by atoms with Gasteiger partial charge in [0, 0.05) is 46.9 Å². The number of guanidine groups is 1. The summed E-state index contributed by atoms with van der Waals surface area (Å²) < 4.78 is 5.08. The van der Waals surface area contributed by atoms with Gasteiger partial charge >= 0.3 is 0 Å². The molecule has 2 unspecified atom stereocenters. The molecular weight excluding hydrogens is 403 g/mol. The van der Waals surface area contributed by atoms with E-state index in [2.05, 4.69) is 34.5 Å². The summed E-state index contributed by atoms with van der Waals surface area (Å²) >= 11 is 0. The molecule has 5 nitrogen and oxygen atoms in total. The van der Waals surface area contributed by atoms with Crippen LogP contribution in [-0.2, 0) is 4.74 Å². The van der Waals surface area contributed by atoms with E-state index in [9.17, 15) is 0 Å². The smallest absolute Gasteiger partial charge is 0.191 e. The molecular formula is C17H37IN4O. The van der Waals surface area contributed by atoms with Crippen LogP contribution in [0, 0.1) is 11.8 Å². The Hall–Kier alpha value is -0.0800. The number of ether oxygens (including phenoxy) is 1. The molecule has 2 N–H and O–H groups in total. The van der Waals surface area contributed by atoms with Crippen LogP contribution in [0.1, 0.15) is 39.0 Å². The molecule has 0 radical (unpaired) electrons. The van der Waals surface area contributed by atoms with Gasteiger partial charge in [-0.05, 0) is 31.7 Å². The third-order valence-corrected chi connectivity index (χ3v) is 4.72. The summed E-state index contributed by atoms with van der Waals surface area (Å²) in [6.07, 6.45) is 6.60. The second-order valence-electron chi connectivity index (χ2n) is 6.55. The second-order valence-corrected chi connectivity index (χ2v) is 6.55. The van der Waals surface area contributed by atoms with E-state index in [0.717, 1.165) is 57.0 Å². The highest BCUT2D eigenvalue weighted by Crippen LogP contribution is 2.28. The van der Waals surface area contributed by atoms with Gasteiger partial charge in [0.1, 0.15) is 0 Å². The van der Waals surface area contributed by atoms with Crippen LogP contribution in [0.25, 0.3) is 0 Å². The number of aliphatic imine (C=N–C) groups is 1. The highest BCUT2D eigenvalue weighted by atomic mass is 127. The number of rotatable bonds is 9. The van der Waals surface area contributed by atoms with Crippen LogP contribution in [0.4, 0.5) is 0 Å². The third-order valence-electron chi connectivity index (χ3n) is 4.72. The van der Waals surface area contributed by atoms with Gasteiger partial charge in [-0.25, -0.2) is 0 Å². The van der Waals surface area contributed by atoms with Crippen LogP contribution in [0.3, 0.4) is 0 Å². The van der Waals surface area contributed by atoms with Gasteiger partial charge in [0.15, 0.2) is 5.96 Å². The minimum absolute atomic E-state index is 0. The number of methoxy groups -OCH3 is 1. The number of likely N-dealkylation sites (N-methyl/N-ethyl adjacent to an activating group) is 1. The zero-order valence-electron chi connectivity index (χ0n) is 15.4. The van der Waals surface area contributed by atoms with Crippen molar-refractivity contribution in [1.29, 1.82) is 0 Å². The molecule has 0 aromatic carbocycles. The summed E-state index contributed by atoms with van der Waals surface area (Å²) in [7, 11) is 5.75. The summed E-state index contributed by atoms with van der Waals surface area (Å²) in [6.45, 7) is 7.27. The topological polar surface area (TPSA) is 48.9 Å². The van der Waals surface area contributed by atoms with Crippen LogP contribution >= 0.6 is 24.0 Å². The van der Waals surface area contributed by atoms with Crippen LogP contribution in [0.2, 0.25) is 0 Å². The molecule has 1 aliphatic rings. The Bertz CT molecular complexity index is 315. The first-order valence-electron chi connectivity index (χ1n) is 8.79. The molecule has 0 aliphatic heterocycles. The Morgan fingerprint density at radius 2 is 1.96 bits per heavy atom. The predicted octanol–water partition coefficient (Wildman–Crippen LogP) is 2.56. The first kappa shape index (κ1) is 22.9. The fourth-order valence-corrected chi connectivity index (χ4v) is 3.10. The molecule has 6 heteroatoms. The minimum atomic E-state index is 0. The average molecular weight is 440 g/mol. The zero-order chi connectivity index (χ0) is 16.2. The van der Waals surface area contributed by atoms with Gasteiger partial charge < -0.3 is 20.3 Å². The zero-order valence-corrected chi connectivity index (χ0v) is 17.8. The fourth-order valence-electron chi connectivity index (χ4n) is 3.10. The van der Waals surface area contributed by atoms with Crippen molar-refractivity contribution in [2.24, 2.45) is 16.8 Å². The van der Waals surface area contributed by atoms with Crippen molar-refractivity contribution in [1.82, 2.24) is 15.5 Å². The predicted molar refractivity (Wildman–Crippen MR) is 110 cm³/mol. The molecule has 138 valence electrons. The van der Waals surface area contributed by atoms with Crippen molar-refractivity contribution in [3.05, 3.63) is 0 Å². The van der Waals surface area contributed by atoms with E-state index >= 15 is 0 Å². The monoisotopic (exact) mass is 440 g/mol. The molecule has 0 bridgehead atoms. The summed E-state index contributed by atoms with van der Waals surface area (Å²) in [5.74, 6) is 2.57. The SMILES string of the molecule is CN=C(NCCN(C)CCCOC)NCC1CCCCC1C.I. The van der Waals surface area contributed by atoms with E-state index < -0.39 is 0 Å². The molecule has 2 atom stereocenters. The lowest BCUT2D eigenvalue weighted by Gasteiger charge is -2.29. The molecule has 0 aromatic heterocycles. The first-order valence-corrected chi connectivity index (χ1v) is 8.79. The van der Waals surface area contributed by atoms with Crippen molar-refractivity contribution in [3.8, 4) is 0 Å². The van der Waals surface area contributed by atoms with Crippen molar-refractivity contribution in [2.45, 2.75) is 39.0 Å². The lowest BCUT2D eigenvalue weighted by molar-refractivity contribution is 0.180. The van der Waals surface area contributed by atoms with E-state index in [4.69, 9.17) is 4.74 Å². The van der Waals surface area contributed by atoms with Crippen LogP contribution in [0.5, 0.6) is 0 Å². The van der Waals surface area contributed by atoms with E-state index in [1.54, 1.807) is 7.11 Å². The van der Waals surface area contributed by atoms with Gasteiger partial charge in [-0.3, -0.25) is 4.99 Å². The third kappa shape index (κ3) is 10.4. The van der Waals surface area contributed by atoms with Gasteiger partial charge in [0.25, 0.3) is 0 Å². The van der Waals surface area contributed by atoms with Crippen molar-refractivity contribution >= 4 is 29.9 Å². The van der Waals surface area contributed by atoms with Gasteiger partial charge in [0.2, 0.25) is 0 Å². The van der Waals surface area contributed by atoms with Gasteiger partial charge in [-0.15, -0.1) is 24.0 Å². The highest BCUT2D eigenvalue weighted by molar-refractivity contribution is 14.0. The van der Waals surface area contributed by atoms with E-state index in [0.29, 0.717) is 0 Å². The Morgan fingerprint density at radius 3 is 2.61 bits per heavy atom. The quantitative estimate of drug-likeness (QED) is 0.251. The maximum Gasteiger partial charge on any atom is 0.191 e. The maximum atomic E-state index is 5.08. The summed E-state index contributed by atoms with van der Waals surface area (Å²) in [4.78, 5) is 6.65. The Kier molecular flexibility index (Phi) is 14.2. The Morgan fingerprint density at radius 1 is 1.22 bits per heavy atom. The largest absolute Gasteiger partial charge is 0.385 e. The molecule has 0 aromatic rings. The van der Waals surface area contributed by atoms with E-state index in [-0.39, 0.29) is 24.0 Å². The molecule has 1 aliphatic carbocycles. The normalized spacial score (nSPS) is 21.9. The van der Waals surface area contributed by atoms with E-state index in [1.807, 2.05) is 7.05 Å². The molecule has 23 heavy (non-hydrogen) atoms. The molecule has 0 spiro atoms. The van der Waals surface area contributed by atoms with Crippen LogP contribution in [-0.4, -0.2) is 64.9 Å². The number of halogens is 1. The lowest BCUT2D eigenvalue weighted by atomic mass is 9.80. The lowest BCUT2D eigenvalue weighted by Crippen LogP contribution is -2.43. The molecule has 0 amide bonds. The minimum Gasteiger partial charge on any atom is -0.385 e. The number of nitrogens with one attached hydrogen (secondary N) is 2. The van der Waals surface area contributed by atoms with Crippen molar-refractivity contribution in [2.75, 3.05) is 54.0 Å². The molecule has 0 heterocycles. The molecule has 0 saturated heterocycles. The fraction of sp³-hybridized carbons (Fsp3) is 0.941. The van der Waals surface area contributed by atoms with Crippen LogP contribution < -0.4 is 10.6 Å². The second kappa shape index (κ2) is 14.3. The average Bonchev–Trinajstić information content (AvgIpc) is 2.52. The van der Waals surface area contributed by atoms with Gasteiger partial charge in [-0.2, -0.15) is 0 Å². The first-order chi connectivity index (χ1) is 10.7. The molecule has 1 saturated carbocycles. The van der Waals surface area contributed by atoms with Gasteiger partial charge in [0.05, 0.1) is 0 Å². The van der Waals surface area contributed by atoms with E-state index in [1.165, 1.54) is 25.7 Å². The van der Waals surface area contributed by atoms with Crippen LogP contribution in [0.15, 0.2) is 4.99 Å². The maximum absolute atomic E-state index is 5.08. The number of nitrogens with zero attached hydrogens (tertiary/aromatic N) is 2. The van der Waals surface area contributed by atoms with Crippen molar-refractivity contribution < 1.29 is 4.74 Å². The summed E-state index contributed by atoms with van der Waals surface area (Å²) in [6, 6.07) is 0. The Balaban J connectivity index is 0.00000484. The number of hydrogen-bond donors (Lipinski definition) is 2. The summed E-state index contributed by atoms with van der Waals surface area (Å²) in [5.41, 5.74) is 0. The highest BCUT2D eigenvalue weighted by Gasteiger charge is 2.21. The Labute approximate surface area is 160 Å². The number of hydrogen-bond acceptors (Lipinski definition) is 3. The van der Waals surface area contributed by atoms with Crippen molar-refractivity contribution in [3.63, 3.8) is 0 Å². The summed E-state index contributed by atoms with van der Waals surface area (Å²) in [5, 5.41) is 6.91. The molecule has 1 rings (SSSR count). The standard InChI is InChI=1S/C17H36N4O.HI/c1-15-8-5-6-9-16(15)14-20-17(18-2)19-10-12-21(3)11-7-13-22-4;/h15-16H,5-14H2,1-4H3,(H2,18,19,20);1H.